The van der Waals surface area contributed by atoms with Gasteiger partial charge in [-0.1, -0.05) is 0 Å². The molecule has 2 N–H and O–H groups in total. The van der Waals surface area contributed by atoms with E-state index in [-0.39, 0.29) is 12.1 Å². The van der Waals surface area contributed by atoms with E-state index in [1.165, 1.54) is 4.88 Å². The molecule has 4 nitrogen and oxygen atoms in total. The minimum Gasteiger partial charge on any atom is -0.444 e. The van der Waals surface area contributed by atoms with Crippen LogP contribution in [-0.2, 0) is 11.2 Å². The maximum absolute atomic E-state index is 12.0. The van der Waals surface area contributed by atoms with Crippen molar-refractivity contribution in [2.24, 2.45) is 11.7 Å². The number of carbonyl (C=O) groups is 1. The lowest BCUT2D eigenvalue weighted by atomic mass is 9.96. The predicted octanol–water partition coefficient (Wildman–Crippen LogP) is 3.64. The Morgan fingerprint density at radius 3 is 2.86 bits per heavy atom. The van der Waals surface area contributed by atoms with E-state index < -0.39 is 5.60 Å². The van der Waals surface area contributed by atoms with Crippen LogP contribution in [0.1, 0.15) is 32.1 Å². The van der Waals surface area contributed by atoms with Gasteiger partial charge in [-0.25, -0.2) is 4.79 Å². The molecule has 0 aliphatic carbocycles. The maximum atomic E-state index is 12.0. The first kappa shape index (κ1) is 16.8. The lowest BCUT2D eigenvalue weighted by Gasteiger charge is -2.25. The second kappa shape index (κ2) is 6.67. The first-order valence-corrected chi connectivity index (χ1v) is 8.83. The van der Waals surface area contributed by atoms with Gasteiger partial charge in [-0.3, -0.25) is 0 Å². The molecule has 6 heteroatoms. The Morgan fingerprint density at radius 1 is 1.57 bits per heavy atom. The van der Waals surface area contributed by atoms with Crippen molar-refractivity contribution in [3.8, 4) is 0 Å². The minimum absolute atomic E-state index is 0.0861. The number of amides is 1. The largest absolute Gasteiger partial charge is 0.444 e. The summed E-state index contributed by atoms with van der Waals surface area (Å²) in [5.74, 6) is 0.346. The third kappa shape index (κ3) is 4.97. The second-order valence-electron chi connectivity index (χ2n) is 6.55. The van der Waals surface area contributed by atoms with Gasteiger partial charge in [-0.15, -0.1) is 11.3 Å². The predicted molar refractivity (Wildman–Crippen MR) is 89.6 cm³/mol. The smallest absolute Gasteiger partial charge is 0.410 e. The van der Waals surface area contributed by atoms with Crippen LogP contribution in [0.5, 0.6) is 0 Å². The molecule has 1 aliphatic rings. The van der Waals surface area contributed by atoms with Crippen LogP contribution in [0.25, 0.3) is 0 Å². The van der Waals surface area contributed by atoms with Gasteiger partial charge in [0.25, 0.3) is 0 Å². The van der Waals surface area contributed by atoms with E-state index in [0.29, 0.717) is 12.5 Å². The number of likely N-dealkylation sites (tertiary alicyclic amines) is 1. The highest BCUT2D eigenvalue weighted by Gasteiger charge is 2.32. The van der Waals surface area contributed by atoms with Crippen LogP contribution in [0.2, 0.25) is 0 Å². The van der Waals surface area contributed by atoms with E-state index in [2.05, 4.69) is 22.0 Å². The lowest BCUT2D eigenvalue weighted by Crippen LogP contribution is -2.38. The van der Waals surface area contributed by atoms with Crippen LogP contribution in [0, 0.1) is 5.92 Å². The number of nitrogens with two attached hydrogens (primary N) is 1. The molecule has 21 heavy (non-hydrogen) atoms. The Hall–Kier alpha value is -0.590. The topological polar surface area (TPSA) is 55.6 Å². The molecule has 0 spiro atoms. The molecule has 1 amide bonds. The molecule has 1 aromatic heterocycles. The van der Waals surface area contributed by atoms with E-state index in [4.69, 9.17) is 10.5 Å². The van der Waals surface area contributed by atoms with E-state index in [1.54, 1.807) is 16.2 Å². The van der Waals surface area contributed by atoms with Crippen molar-refractivity contribution in [2.45, 2.75) is 45.3 Å². The van der Waals surface area contributed by atoms with Gasteiger partial charge in [-0.2, -0.15) is 0 Å². The zero-order chi connectivity index (χ0) is 15.6. The Kier molecular flexibility index (Phi) is 5.33. The Balaban J connectivity index is 1.85. The molecule has 1 saturated heterocycles. The number of thiophene rings is 1. The van der Waals surface area contributed by atoms with Crippen molar-refractivity contribution < 1.29 is 9.53 Å². The second-order valence-corrected chi connectivity index (χ2v) is 9.10. The monoisotopic (exact) mass is 374 g/mol. The fourth-order valence-corrected chi connectivity index (χ4v) is 4.04. The first-order valence-electron chi connectivity index (χ1n) is 7.22. The average molecular weight is 375 g/mol. The highest BCUT2D eigenvalue weighted by atomic mass is 79.9. The van der Waals surface area contributed by atoms with Crippen molar-refractivity contribution >= 4 is 33.4 Å². The molecule has 1 fully saturated rings. The highest BCUT2D eigenvalue weighted by Crippen LogP contribution is 2.27. The summed E-state index contributed by atoms with van der Waals surface area (Å²) >= 11 is 5.19. The van der Waals surface area contributed by atoms with Crippen molar-refractivity contribution in [2.75, 3.05) is 13.1 Å². The van der Waals surface area contributed by atoms with Gasteiger partial charge in [-0.05, 0) is 67.6 Å². The molecule has 0 aromatic carbocycles. The van der Waals surface area contributed by atoms with E-state index in [0.717, 1.165) is 23.2 Å². The molecular formula is C15H23BrN2O2S. The van der Waals surface area contributed by atoms with Crippen molar-refractivity contribution in [1.82, 2.24) is 4.90 Å². The van der Waals surface area contributed by atoms with Gasteiger partial charge in [0.15, 0.2) is 0 Å². The molecule has 0 saturated carbocycles. The highest BCUT2D eigenvalue weighted by molar-refractivity contribution is 9.11. The number of hydrogen-bond acceptors (Lipinski definition) is 4. The molecule has 2 rings (SSSR count). The van der Waals surface area contributed by atoms with E-state index >= 15 is 0 Å². The molecule has 0 radical (unpaired) electrons. The average Bonchev–Trinajstić information content (AvgIpc) is 2.96. The standard InChI is InChI=1S/C15H23BrN2O2S/c1-15(2,3)20-14(19)18-7-6-10(9-18)12(17)8-11-4-5-13(16)21-11/h4-5,10,12H,6-9,17H2,1-3H3. The van der Waals surface area contributed by atoms with Crippen LogP contribution in [-0.4, -0.2) is 35.7 Å². The number of nitrogens with zero attached hydrogens (tertiary/aromatic N) is 1. The summed E-state index contributed by atoms with van der Waals surface area (Å²) in [6.07, 6.45) is 1.59. The first-order chi connectivity index (χ1) is 9.74. The van der Waals surface area contributed by atoms with Gasteiger partial charge in [0, 0.05) is 24.0 Å². The molecule has 1 aromatic rings. The van der Waals surface area contributed by atoms with Gasteiger partial charge < -0.3 is 15.4 Å². The summed E-state index contributed by atoms with van der Waals surface area (Å²) in [6, 6.07) is 4.24. The fourth-order valence-electron chi connectivity index (χ4n) is 2.49. The molecule has 0 bridgehead atoms. The normalized spacial score (nSPS) is 20.6. The van der Waals surface area contributed by atoms with Crippen LogP contribution < -0.4 is 5.73 Å². The summed E-state index contributed by atoms with van der Waals surface area (Å²) in [5, 5.41) is 0. The Labute approximate surface area is 138 Å². The van der Waals surface area contributed by atoms with Crippen LogP contribution >= 0.6 is 27.3 Å². The Morgan fingerprint density at radius 2 is 2.29 bits per heavy atom. The quantitative estimate of drug-likeness (QED) is 0.878. The molecule has 2 atom stereocenters. The van der Waals surface area contributed by atoms with Gasteiger partial charge in [0.05, 0.1) is 3.79 Å². The number of rotatable bonds is 3. The molecule has 2 unspecified atom stereocenters. The SMILES string of the molecule is CC(C)(C)OC(=O)N1CCC(C(N)Cc2ccc(Br)s2)C1. The van der Waals surface area contributed by atoms with Crippen molar-refractivity contribution in [3.05, 3.63) is 20.8 Å². The Bertz CT molecular complexity index is 498. The van der Waals surface area contributed by atoms with Crippen LogP contribution in [0.3, 0.4) is 0 Å². The molecular weight excluding hydrogens is 352 g/mol. The van der Waals surface area contributed by atoms with Crippen LogP contribution in [0.4, 0.5) is 4.79 Å². The summed E-state index contributed by atoms with van der Waals surface area (Å²) in [6.45, 7) is 7.10. The van der Waals surface area contributed by atoms with Gasteiger partial charge >= 0.3 is 6.09 Å². The summed E-state index contributed by atoms with van der Waals surface area (Å²) < 4.78 is 6.54. The lowest BCUT2D eigenvalue weighted by molar-refractivity contribution is 0.0286. The van der Waals surface area contributed by atoms with E-state index in [1.807, 2.05) is 26.8 Å². The minimum atomic E-state index is -0.444. The summed E-state index contributed by atoms with van der Waals surface area (Å²) in [5.41, 5.74) is 5.88. The number of hydrogen-bond donors (Lipinski definition) is 1. The van der Waals surface area contributed by atoms with Gasteiger partial charge in [0.1, 0.15) is 5.60 Å². The van der Waals surface area contributed by atoms with E-state index in [9.17, 15) is 4.79 Å². The molecule has 118 valence electrons. The van der Waals surface area contributed by atoms with Gasteiger partial charge in [0.2, 0.25) is 0 Å². The maximum Gasteiger partial charge on any atom is 0.410 e. The number of halogens is 1. The molecule has 2 heterocycles. The van der Waals surface area contributed by atoms with Crippen molar-refractivity contribution in [1.29, 1.82) is 0 Å². The molecule has 1 aliphatic heterocycles. The summed E-state index contributed by atoms with van der Waals surface area (Å²) in [4.78, 5) is 15.1. The van der Waals surface area contributed by atoms with Crippen LogP contribution in [0.15, 0.2) is 15.9 Å². The summed E-state index contributed by atoms with van der Waals surface area (Å²) in [7, 11) is 0. The fraction of sp³-hybridized carbons (Fsp3) is 0.667. The third-order valence-electron chi connectivity index (χ3n) is 3.55. The zero-order valence-electron chi connectivity index (χ0n) is 12.8. The van der Waals surface area contributed by atoms with Crippen molar-refractivity contribution in [3.63, 3.8) is 0 Å². The number of carbonyl (C=O) groups excluding carboxylic acids is 1. The number of ether oxygens (including phenoxy) is 1. The zero-order valence-corrected chi connectivity index (χ0v) is 15.2. The third-order valence-corrected chi connectivity index (χ3v) is 5.19.